The topological polar surface area (TPSA) is 94.1 Å². The summed E-state index contributed by atoms with van der Waals surface area (Å²) in [7, 11) is -4.20. The Bertz CT molecular complexity index is 910. The van der Waals surface area contributed by atoms with Crippen LogP contribution in [0.2, 0.25) is 5.02 Å². The number of anilines is 1. The lowest BCUT2D eigenvalue weighted by molar-refractivity contribution is -0.134. The normalized spacial score (nSPS) is 11.7. The molecule has 144 valence electrons. The lowest BCUT2D eigenvalue weighted by atomic mass is 10.3. The molecule has 0 amide bonds. The largest absolute Gasteiger partial charge is 0.494 e. The van der Waals surface area contributed by atoms with Crippen LogP contribution in [0.25, 0.3) is 0 Å². The van der Waals surface area contributed by atoms with Crippen molar-refractivity contribution >= 4 is 38.1 Å². The molecule has 0 saturated heterocycles. The number of halogens is 1. The van der Waals surface area contributed by atoms with E-state index in [1.165, 1.54) is 24.3 Å². The van der Waals surface area contributed by atoms with Gasteiger partial charge in [-0.3, -0.25) is 5.43 Å². The van der Waals surface area contributed by atoms with Gasteiger partial charge in [-0.25, -0.2) is 13.2 Å². The Labute approximate surface area is 162 Å². The van der Waals surface area contributed by atoms with Crippen LogP contribution < -0.4 is 10.2 Å². The SMILES string of the molecule is CCOC(=O)C(=NNc1ccc(OCC)cc1)S(=O)(=O)c1ccc(Cl)cc1. The summed E-state index contributed by atoms with van der Waals surface area (Å²) in [4.78, 5) is 12.1. The molecule has 0 unspecified atom stereocenters. The third-order valence-electron chi connectivity index (χ3n) is 3.28. The van der Waals surface area contributed by atoms with E-state index in [-0.39, 0.29) is 11.5 Å². The summed E-state index contributed by atoms with van der Waals surface area (Å²) in [6.45, 7) is 3.97. The Balaban J connectivity index is 2.34. The molecule has 7 nitrogen and oxygen atoms in total. The van der Waals surface area contributed by atoms with Gasteiger partial charge in [0, 0.05) is 5.02 Å². The monoisotopic (exact) mass is 410 g/mol. The van der Waals surface area contributed by atoms with Gasteiger partial charge in [0.25, 0.3) is 5.04 Å². The third-order valence-corrected chi connectivity index (χ3v) is 5.19. The molecule has 2 rings (SSSR count). The Morgan fingerprint density at radius 1 is 1.04 bits per heavy atom. The summed E-state index contributed by atoms with van der Waals surface area (Å²) in [5, 5.41) is 3.41. The second-order valence-corrected chi connectivity index (χ2v) is 7.47. The van der Waals surface area contributed by atoms with E-state index in [1.54, 1.807) is 31.2 Å². The highest BCUT2D eigenvalue weighted by Crippen LogP contribution is 2.19. The number of nitrogens with one attached hydrogen (secondary N) is 1. The number of hydrazone groups is 1. The molecule has 0 aromatic heterocycles. The van der Waals surface area contributed by atoms with Gasteiger partial charge in [-0.1, -0.05) is 11.6 Å². The van der Waals surface area contributed by atoms with E-state index in [1.807, 2.05) is 6.92 Å². The molecule has 0 spiro atoms. The van der Waals surface area contributed by atoms with Crippen LogP contribution in [0.15, 0.2) is 58.5 Å². The van der Waals surface area contributed by atoms with Gasteiger partial charge in [-0.05, 0) is 62.4 Å². The van der Waals surface area contributed by atoms with Gasteiger partial charge in [0.05, 0.1) is 23.8 Å². The molecule has 0 saturated carbocycles. The first-order valence-corrected chi connectivity index (χ1v) is 9.99. The van der Waals surface area contributed by atoms with Gasteiger partial charge in [0.1, 0.15) is 5.75 Å². The number of ether oxygens (including phenoxy) is 2. The van der Waals surface area contributed by atoms with Crippen molar-refractivity contribution in [3.63, 3.8) is 0 Å². The molecule has 0 aliphatic carbocycles. The number of benzene rings is 2. The van der Waals surface area contributed by atoms with Crippen LogP contribution in [-0.4, -0.2) is 32.6 Å². The maximum Gasteiger partial charge on any atom is 0.371 e. The predicted octanol–water partition coefficient (Wildman–Crippen LogP) is 3.50. The van der Waals surface area contributed by atoms with Gasteiger partial charge in [-0.15, -0.1) is 0 Å². The molecule has 2 aromatic carbocycles. The summed E-state index contributed by atoms with van der Waals surface area (Å²) in [6.07, 6.45) is 0. The van der Waals surface area contributed by atoms with Crippen molar-refractivity contribution in [3.8, 4) is 5.75 Å². The summed E-state index contributed by atoms with van der Waals surface area (Å²) in [5.41, 5.74) is 3.05. The zero-order valence-electron chi connectivity index (χ0n) is 14.8. The second kappa shape index (κ2) is 9.38. The Kier molecular flexibility index (Phi) is 7.20. The first-order valence-electron chi connectivity index (χ1n) is 8.12. The number of esters is 1. The molecule has 0 fully saturated rings. The number of carbonyl (C=O) groups is 1. The van der Waals surface area contributed by atoms with Gasteiger partial charge in [-0.2, -0.15) is 5.10 Å². The molecule has 0 radical (unpaired) electrons. The van der Waals surface area contributed by atoms with E-state index in [0.29, 0.717) is 23.1 Å². The van der Waals surface area contributed by atoms with Crippen LogP contribution >= 0.6 is 11.6 Å². The molecule has 0 bridgehead atoms. The van der Waals surface area contributed by atoms with E-state index in [9.17, 15) is 13.2 Å². The number of carbonyl (C=O) groups excluding carboxylic acids is 1. The average Bonchev–Trinajstić information content (AvgIpc) is 2.64. The summed E-state index contributed by atoms with van der Waals surface area (Å²) < 4.78 is 35.7. The van der Waals surface area contributed by atoms with Crippen LogP contribution in [0, 0.1) is 0 Å². The van der Waals surface area contributed by atoms with Crippen LogP contribution in [0.4, 0.5) is 5.69 Å². The maximum absolute atomic E-state index is 12.8. The zero-order valence-corrected chi connectivity index (χ0v) is 16.4. The van der Waals surface area contributed by atoms with Crippen LogP contribution in [0.1, 0.15) is 13.8 Å². The molecule has 0 atom stereocenters. The predicted molar refractivity (Wildman–Crippen MR) is 104 cm³/mol. The standard InChI is InChI=1S/C18H19ClN2O5S/c1-3-25-15-9-7-14(8-10-15)20-21-17(18(22)26-4-2)27(23,24)16-11-5-13(19)6-12-16/h5-12,20H,3-4H2,1-2H3. The van der Waals surface area contributed by atoms with Gasteiger partial charge in [0.15, 0.2) is 0 Å². The zero-order chi connectivity index (χ0) is 19.9. The highest BCUT2D eigenvalue weighted by atomic mass is 35.5. The van der Waals surface area contributed by atoms with E-state index >= 15 is 0 Å². The second-order valence-electron chi connectivity index (χ2n) is 5.16. The molecular formula is C18H19ClN2O5S. The van der Waals surface area contributed by atoms with Gasteiger partial charge < -0.3 is 9.47 Å². The highest BCUT2D eigenvalue weighted by molar-refractivity contribution is 8.08. The van der Waals surface area contributed by atoms with E-state index in [4.69, 9.17) is 21.1 Å². The number of sulfone groups is 1. The summed E-state index contributed by atoms with van der Waals surface area (Å²) in [6, 6.07) is 12.1. The van der Waals surface area contributed by atoms with Crippen molar-refractivity contribution in [2.24, 2.45) is 5.10 Å². The molecule has 2 aromatic rings. The lowest BCUT2D eigenvalue weighted by Crippen LogP contribution is -2.28. The fourth-order valence-electron chi connectivity index (χ4n) is 2.04. The number of rotatable bonds is 6. The van der Waals surface area contributed by atoms with Crippen molar-refractivity contribution < 1.29 is 22.7 Å². The van der Waals surface area contributed by atoms with Gasteiger partial charge in [0.2, 0.25) is 9.84 Å². The minimum absolute atomic E-state index is 0.0110. The number of hydrogen-bond acceptors (Lipinski definition) is 7. The molecule has 0 aliphatic heterocycles. The number of hydrogen-bond donors (Lipinski definition) is 1. The first kappa shape index (κ1) is 20.7. The molecule has 1 N–H and O–H groups in total. The van der Waals surface area contributed by atoms with Crippen molar-refractivity contribution in [2.45, 2.75) is 18.7 Å². The fraction of sp³-hybridized carbons (Fsp3) is 0.222. The minimum atomic E-state index is -4.20. The van der Waals surface area contributed by atoms with Crippen LogP contribution in [0.3, 0.4) is 0 Å². The molecule has 0 heterocycles. The van der Waals surface area contributed by atoms with Crippen molar-refractivity contribution in [1.29, 1.82) is 0 Å². The van der Waals surface area contributed by atoms with E-state index in [0.717, 1.165) is 0 Å². The Morgan fingerprint density at radius 2 is 1.67 bits per heavy atom. The Morgan fingerprint density at radius 3 is 2.22 bits per heavy atom. The molecular weight excluding hydrogens is 392 g/mol. The smallest absolute Gasteiger partial charge is 0.371 e. The third kappa shape index (κ3) is 5.45. The van der Waals surface area contributed by atoms with Gasteiger partial charge >= 0.3 is 5.97 Å². The molecule has 9 heteroatoms. The summed E-state index contributed by atoms with van der Waals surface area (Å²) >= 11 is 5.79. The summed E-state index contributed by atoms with van der Waals surface area (Å²) in [5.74, 6) is -0.391. The van der Waals surface area contributed by atoms with Crippen LogP contribution in [0.5, 0.6) is 5.75 Å². The fourth-order valence-corrected chi connectivity index (χ4v) is 3.33. The highest BCUT2D eigenvalue weighted by Gasteiger charge is 2.31. The van der Waals surface area contributed by atoms with E-state index < -0.39 is 20.9 Å². The minimum Gasteiger partial charge on any atom is -0.494 e. The van der Waals surface area contributed by atoms with Crippen molar-refractivity contribution in [3.05, 3.63) is 53.6 Å². The maximum atomic E-state index is 12.8. The lowest BCUT2D eigenvalue weighted by Gasteiger charge is -2.09. The van der Waals surface area contributed by atoms with Crippen molar-refractivity contribution in [2.75, 3.05) is 18.6 Å². The number of nitrogens with zero attached hydrogens (tertiary/aromatic N) is 1. The quantitative estimate of drug-likeness (QED) is 0.339. The van der Waals surface area contributed by atoms with Crippen molar-refractivity contribution in [1.82, 2.24) is 0 Å². The molecule has 27 heavy (non-hydrogen) atoms. The molecule has 0 aliphatic rings. The Hall–Kier alpha value is -2.58. The average molecular weight is 411 g/mol. The van der Waals surface area contributed by atoms with Crippen LogP contribution in [-0.2, 0) is 19.4 Å². The van der Waals surface area contributed by atoms with E-state index in [2.05, 4.69) is 10.5 Å². The first-order chi connectivity index (χ1) is 12.9.